The zero-order valence-corrected chi connectivity index (χ0v) is 11.9. The second kappa shape index (κ2) is 4.70. The van der Waals surface area contributed by atoms with Crippen LogP contribution in [0.4, 0.5) is 5.69 Å². The molecule has 2 nitrogen and oxygen atoms in total. The molecular weight excluding hydrogens is 276 g/mol. The molecule has 1 saturated heterocycles. The van der Waals surface area contributed by atoms with Crippen molar-refractivity contribution < 1.29 is 0 Å². The normalized spacial score (nSPS) is 22.5. The average molecular weight is 293 g/mol. The lowest BCUT2D eigenvalue weighted by atomic mass is 9.86. The Hall–Kier alpha value is -1.01. The highest BCUT2D eigenvalue weighted by Gasteiger charge is 2.41. The standard InChI is InChI=1S/C14H17BrN2/c1-14(2)11(7-9-16)8-10-17(14)13-6-4-3-5-12(13)15/h3-6,11H,7-8,10H2,1-2H3. The highest BCUT2D eigenvalue weighted by atomic mass is 79.9. The van der Waals surface area contributed by atoms with Crippen molar-refractivity contribution in [3.63, 3.8) is 0 Å². The number of para-hydroxylation sites is 1. The van der Waals surface area contributed by atoms with Gasteiger partial charge >= 0.3 is 0 Å². The van der Waals surface area contributed by atoms with Crippen LogP contribution in [0, 0.1) is 17.2 Å². The summed E-state index contributed by atoms with van der Waals surface area (Å²) in [5, 5.41) is 8.89. The molecule has 1 heterocycles. The average Bonchev–Trinajstić information content (AvgIpc) is 2.57. The molecule has 0 aromatic heterocycles. The van der Waals surface area contributed by atoms with Gasteiger partial charge in [0.2, 0.25) is 0 Å². The summed E-state index contributed by atoms with van der Waals surface area (Å²) in [5.41, 5.74) is 1.29. The lowest BCUT2D eigenvalue weighted by Gasteiger charge is -2.37. The van der Waals surface area contributed by atoms with Crippen LogP contribution < -0.4 is 4.90 Å². The second-order valence-electron chi connectivity index (χ2n) is 5.10. The fourth-order valence-corrected chi connectivity index (χ4v) is 3.21. The molecule has 1 aromatic carbocycles. The number of rotatable bonds is 2. The van der Waals surface area contributed by atoms with Gasteiger partial charge in [-0.05, 0) is 54.2 Å². The van der Waals surface area contributed by atoms with E-state index in [2.05, 4.69) is 58.9 Å². The Kier molecular flexibility index (Phi) is 3.44. The topological polar surface area (TPSA) is 27.0 Å². The van der Waals surface area contributed by atoms with Crippen molar-refractivity contribution in [2.75, 3.05) is 11.4 Å². The molecule has 1 unspecified atom stereocenters. The Morgan fingerprint density at radius 2 is 2.18 bits per heavy atom. The van der Waals surface area contributed by atoms with Crippen molar-refractivity contribution in [2.24, 2.45) is 5.92 Å². The number of hydrogen-bond donors (Lipinski definition) is 0. The Morgan fingerprint density at radius 3 is 2.82 bits per heavy atom. The minimum Gasteiger partial charge on any atom is -0.365 e. The third kappa shape index (κ3) is 2.19. The first-order valence-electron chi connectivity index (χ1n) is 5.96. The summed E-state index contributed by atoms with van der Waals surface area (Å²) in [6.07, 6.45) is 1.75. The molecule has 1 aromatic rings. The van der Waals surface area contributed by atoms with Crippen molar-refractivity contribution in [3.05, 3.63) is 28.7 Å². The van der Waals surface area contributed by atoms with E-state index in [1.807, 2.05) is 6.07 Å². The largest absolute Gasteiger partial charge is 0.365 e. The summed E-state index contributed by atoms with van der Waals surface area (Å²) >= 11 is 3.61. The predicted molar refractivity (Wildman–Crippen MR) is 73.9 cm³/mol. The van der Waals surface area contributed by atoms with E-state index in [1.54, 1.807) is 0 Å². The quantitative estimate of drug-likeness (QED) is 0.825. The van der Waals surface area contributed by atoms with Crippen LogP contribution in [-0.2, 0) is 0 Å². The first-order chi connectivity index (χ1) is 8.07. The molecule has 90 valence electrons. The molecule has 3 heteroatoms. The number of halogens is 1. The summed E-state index contributed by atoms with van der Waals surface area (Å²) < 4.78 is 1.13. The summed E-state index contributed by atoms with van der Waals surface area (Å²) in [6.45, 7) is 5.50. The first-order valence-corrected chi connectivity index (χ1v) is 6.76. The molecule has 0 saturated carbocycles. The van der Waals surface area contributed by atoms with Gasteiger partial charge in [0.1, 0.15) is 0 Å². The summed E-state index contributed by atoms with van der Waals surface area (Å²) in [6, 6.07) is 10.6. The number of anilines is 1. The van der Waals surface area contributed by atoms with Crippen LogP contribution in [0.15, 0.2) is 28.7 Å². The molecule has 0 spiro atoms. The van der Waals surface area contributed by atoms with Gasteiger partial charge in [0.25, 0.3) is 0 Å². The zero-order chi connectivity index (χ0) is 12.5. The molecule has 0 radical (unpaired) electrons. The predicted octanol–water partition coefficient (Wildman–Crippen LogP) is 3.97. The van der Waals surface area contributed by atoms with Crippen molar-refractivity contribution in [1.82, 2.24) is 0 Å². The number of nitrogens with zero attached hydrogens (tertiary/aromatic N) is 2. The van der Waals surface area contributed by atoms with Gasteiger partial charge in [0.15, 0.2) is 0 Å². The van der Waals surface area contributed by atoms with E-state index in [9.17, 15) is 0 Å². The van der Waals surface area contributed by atoms with Crippen molar-refractivity contribution in [2.45, 2.75) is 32.2 Å². The van der Waals surface area contributed by atoms with Gasteiger partial charge in [-0.25, -0.2) is 0 Å². The fraction of sp³-hybridized carbons (Fsp3) is 0.500. The minimum absolute atomic E-state index is 0.0552. The van der Waals surface area contributed by atoms with Crippen LogP contribution in [-0.4, -0.2) is 12.1 Å². The highest BCUT2D eigenvalue weighted by Crippen LogP contribution is 2.42. The lowest BCUT2D eigenvalue weighted by molar-refractivity contribution is 0.371. The molecular formula is C14H17BrN2. The molecule has 2 rings (SSSR count). The molecule has 0 amide bonds. The van der Waals surface area contributed by atoms with Crippen LogP contribution >= 0.6 is 15.9 Å². The van der Waals surface area contributed by atoms with Crippen LogP contribution in [0.3, 0.4) is 0 Å². The molecule has 0 aliphatic carbocycles. The van der Waals surface area contributed by atoms with Gasteiger partial charge < -0.3 is 4.90 Å². The van der Waals surface area contributed by atoms with Crippen molar-refractivity contribution in [1.29, 1.82) is 5.26 Å². The lowest BCUT2D eigenvalue weighted by Crippen LogP contribution is -2.42. The van der Waals surface area contributed by atoms with Gasteiger partial charge in [0.05, 0.1) is 11.8 Å². The Balaban J connectivity index is 2.30. The SMILES string of the molecule is CC1(C)C(CC#N)CCN1c1ccccc1Br. The summed E-state index contributed by atoms with van der Waals surface area (Å²) in [7, 11) is 0. The molecule has 0 bridgehead atoms. The van der Waals surface area contributed by atoms with Crippen LogP contribution in [0.2, 0.25) is 0 Å². The third-order valence-electron chi connectivity index (χ3n) is 3.88. The molecule has 1 aliphatic rings. The Labute approximate surface area is 111 Å². The van der Waals surface area contributed by atoms with Crippen molar-refractivity contribution >= 4 is 21.6 Å². The van der Waals surface area contributed by atoms with Crippen molar-refractivity contribution in [3.8, 4) is 6.07 Å². The van der Waals surface area contributed by atoms with Gasteiger partial charge in [-0.2, -0.15) is 5.26 Å². The first kappa shape index (κ1) is 12.4. The van der Waals surface area contributed by atoms with Crippen LogP contribution in [0.1, 0.15) is 26.7 Å². The molecule has 1 fully saturated rings. The van der Waals surface area contributed by atoms with Gasteiger partial charge in [-0.15, -0.1) is 0 Å². The molecule has 0 N–H and O–H groups in total. The second-order valence-corrected chi connectivity index (χ2v) is 5.96. The van der Waals surface area contributed by atoms with Gasteiger partial charge in [-0.3, -0.25) is 0 Å². The van der Waals surface area contributed by atoms with Gasteiger partial charge in [-0.1, -0.05) is 12.1 Å². The minimum atomic E-state index is 0.0552. The number of nitriles is 1. The summed E-state index contributed by atoms with van der Waals surface area (Å²) in [4.78, 5) is 2.42. The maximum atomic E-state index is 8.89. The van der Waals surface area contributed by atoms with E-state index in [4.69, 9.17) is 5.26 Å². The van der Waals surface area contributed by atoms with E-state index in [-0.39, 0.29) is 5.54 Å². The van der Waals surface area contributed by atoms with Crippen LogP contribution in [0.25, 0.3) is 0 Å². The third-order valence-corrected chi connectivity index (χ3v) is 4.55. The Morgan fingerprint density at radius 1 is 1.47 bits per heavy atom. The fourth-order valence-electron chi connectivity index (χ4n) is 2.71. The molecule has 1 aliphatic heterocycles. The van der Waals surface area contributed by atoms with E-state index in [0.29, 0.717) is 12.3 Å². The van der Waals surface area contributed by atoms with E-state index < -0.39 is 0 Å². The van der Waals surface area contributed by atoms with Crippen LogP contribution in [0.5, 0.6) is 0 Å². The maximum absolute atomic E-state index is 8.89. The Bertz CT molecular complexity index is 448. The van der Waals surface area contributed by atoms with E-state index >= 15 is 0 Å². The smallest absolute Gasteiger partial charge is 0.0625 e. The number of benzene rings is 1. The zero-order valence-electron chi connectivity index (χ0n) is 10.3. The van der Waals surface area contributed by atoms with E-state index in [0.717, 1.165) is 17.4 Å². The number of hydrogen-bond acceptors (Lipinski definition) is 2. The monoisotopic (exact) mass is 292 g/mol. The van der Waals surface area contributed by atoms with Gasteiger partial charge in [0, 0.05) is 23.0 Å². The maximum Gasteiger partial charge on any atom is 0.0625 e. The summed E-state index contributed by atoms with van der Waals surface area (Å²) in [5.74, 6) is 0.458. The molecule has 17 heavy (non-hydrogen) atoms. The highest BCUT2D eigenvalue weighted by molar-refractivity contribution is 9.10. The van der Waals surface area contributed by atoms with E-state index in [1.165, 1.54) is 5.69 Å². The molecule has 1 atom stereocenters.